The minimum absolute atomic E-state index is 0.153. The molecule has 3 rings (SSSR count). The van der Waals surface area contributed by atoms with Gasteiger partial charge in [-0.25, -0.2) is 4.68 Å². The second-order valence-electron chi connectivity index (χ2n) is 4.32. The van der Waals surface area contributed by atoms with E-state index in [4.69, 9.17) is 5.73 Å². The standard InChI is InChI=1S/C13H13N7O/c14-13-17-11(18-19-13)8-15-12(21)9-3-1-4-10(7-9)20-6-2-5-16-20/h1-7H,8H2,(H,15,21)(H3,14,17,18,19). The van der Waals surface area contributed by atoms with E-state index in [1.165, 1.54) is 0 Å². The molecule has 0 fully saturated rings. The van der Waals surface area contributed by atoms with Crippen LogP contribution >= 0.6 is 0 Å². The lowest BCUT2D eigenvalue weighted by Crippen LogP contribution is -2.23. The number of benzene rings is 1. The fourth-order valence-corrected chi connectivity index (χ4v) is 1.87. The number of hydrogen-bond donors (Lipinski definition) is 3. The Balaban J connectivity index is 1.71. The lowest BCUT2D eigenvalue weighted by atomic mass is 10.2. The second-order valence-corrected chi connectivity index (χ2v) is 4.32. The van der Waals surface area contributed by atoms with Crippen molar-refractivity contribution >= 4 is 11.9 Å². The first-order chi connectivity index (χ1) is 10.2. The number of carbonyl (C=O) groups is 1. The molecule has 3 aromatic rings. The Morgan fingerprint density at radius 2 is 2.29 bits per heavy atom. The van der Waals surface area contributed by atoms with Gasteiger partial charge in [0.15, 0.2) is 0 Å². The van der Waals surface area contributed by atoms with E-state index in [-0.39, 0.29) is 18.4 Å². The van der Waals surface area contributed by atoms with Crippen LogP contribution in [0.5, 0.6) is 0 Å². The van der Waals surface area contributed by atoms with Gasteiger partial charge >= 0.3 is 0 Å². The Morgan fingerprint density at radius 1 is 1.38 bits per heavy atom. The van der Waals surface area contributed by atoms with Gasteiger partial charge in [0.05, 0.1) is 12.2 Å². The van der Waals surface area contributed by atoms with E-state index in [2.05, 4.69) is 25.6 Å². The van der Waals surface area contributed by atoms with Crippen molar-refractivity contribution in [3.63, 3.8) is 0 Å². The zero-order valence-corrected chi connectivity index (χ0v) is 11.0. The topological polar surface area (TPSA) is 115 Å². The van der Waals surface area contributed by atoms with Crippen LogP contribution in [0.3, 0.4) is 0 Å². The van der Waals surface area contributed by atoms with E-state index in [1.807, 2.05) is 18.3 Å². The molecule has 8 nitrogen and oxygen atoms in total. The molecule has 0 aliphatic carbocycles. The van der Waals surface area contributed by atoms with E-state index in [9.17, 15) is 4.79 Å². The minimum Gasteiger partial charge on any atom is -0.367 e. The van der Waals surface area contributed by atoms with Crippen molar-refractivity contribution in [2.45, 2.75) is 6.54 Å². The zero-order valence-electron chi connectivity index (χ0n) is 11.0. The quantitative estimate of drug-likeness (QED) is 0.645. The van der Waals surface area contributed by atoms with Crippen molar-refractivity contribution in [3.05, 3.63) is 54.1 Å². The van der Waals surface area contributed by atoms with Crippen molar-refractivity contribution in [1.82, 2.24) is 30.3 Å². The van der Waals surface area contributed by atoms with Gasteiger partial charge in [0.25, 0.3) is 5.91 Å². The molecule has 0 bridgehead atoms. The lowest BCUT2D eigenvalue weighted by molar-refractivity contribution is 0.0950. The molecule has 0 aliphatic rings. The highest BCUT2D eigenvalue weighted by atomic mass is 16.1. The highest BCUT2D eigenvalue weighted by Crippen LogP contribution is 2.09. The Hall–Kier alpha value is -3.16. The molecule has 21 heavy (non-hydrogen) atoms. The van der Waals surface area contributed by atoms with E-state index in [1.54, 1.807) is 29.1 Å². The first kappa shape index (κ1) is 12.9. The summed E-state index contributed by atoms with van der Waals surface area (Å²) in [6.45, 7) is 0.231. The first-order valence-electron chi connectivity index (χ1n) is 6.27. The Kier molecular flexibility index (Phi) is 3.34. The van der Waals surface area contributed by atoms with Crippen molar-refractivity contribution in [1.29, 1.82) is 0 Å². The molecule has 0 saturated carbocycles. The highest BCUT2D eigenvalue weighted by molar-refractivity contribution is 5.94. The van der Waals surface area contributed by atoms with Crippen LogP contribution in [0.4, 0.5) is 5.95 Å². The van der Waals surface area contributed by atoms with Gasteiger partial charge in [0, 0.05) is 18.0 Å². The van der Waals surface area contributed by atoms with Crippen LogP contribution in [-0.4, -0.2) is 30.9 Å². The van der Waals surface area contributed by atoms with Gasteiger partial charge in [0.1, 0.15) is 5.82 Å². The van der Waals surface area contributed by atoms with Crippen LogP contribution in [-0.2, 0) is 6.54 Å². The molecule has 0 unspecified atom stereocenters. The summed E-state index contributed by atoms with van der Waals surface area (Å²) in [5.41, 5.74) is 6.75. The summed E-state index contributed by atoms with van der Waals surface area (Å²) in [6, 6.07) is 8.99. The number of aromatic amines is 1. The second kappa shape index (κ2) is 5.45. The number of nitrogens with zero attached hydrogens (tertiary/aromatic N) is 4. The van der Waals surface area contributed by atoms with Gasteiger partial charge in [0.2, 0.25) is 5.95 Å². The molecular formula is C13H13N7O. The van der Waals surface area contributed by atoms with Crippen LogP contribution in [0.25, 0.3) is 5.69 Å². The van der Waals surface area contributed by atoms with Crippen molar-refractivity contribution in [3.8, 4) is 5.69 Å². The molecular weight excluding hydrogens is 270 g/mol. The molecule has 1 amide bonds. The van der Waals surface area contributed by atoms with Gasteiger partial charge in [-0.2, -0.15) is 10.1 Å². The van der Waals surface area contributed by atoms with E-state index >= 15 is 0 Å². The van der Waals surface area contributed by atoms with Crippen LogP contribution in [0.15, 0.2) is 42.7 Å². The van der Waals surface area contributed by atoms with Gasteiger partial charge < -0.3 is 11.1 Å². The summed E-state index contributed by atoms with van der Waals surface area (Å²) in [5.74, 6) is 0.447. The number of carbonyl (C=O) groups excluding carboxylic acids is 1. The third kappa shape index (κ3) is 2.89. The number of aromatic nitrogens is 5. The number of nitrogen functional groups attached to an aromatic ring is 1. The fraction of sp³-hybridized carbons (Fsp3) is 0.0769. The smallest absolute Gasteiger partial charge is 0.251 e. The summed E-state index contributed by atoms with van der Waals surface area (Å²) in [4.78, 5) is 16.0. The number of nitrogens with one attached hydrogen (secondary N) is 2. The van der Waals surface area contributed by atoms with Gasteiger partial charge in [-0.05, 0) is 24.3 Å². The normalized spacial score (nSPS) is 10.5. The molecule has 0 spiro atoms. The van der Waals surface area contributed by atoms with Gasteiger partial charge in [-0.15, -0.1) is 5.10 Å². The highest BCUT2D eigenvalue weighted by Gasteiger charge is 2.08. The fourth-order valence-electron chi connectivity index (χ4n) is 1.87. The molecule has 2 heterocycles. The lowest BCUT2D eigenvalue weighted by Gasteiger charge is -2.06. The van der Waals surface area contributed by atoms with Gasteiger partial charge in [-0.1, -0.05) is 6.07 Å². The summed E-state index contributed by atoms with van der Waals surface area (Å²) >= 11 is 0. The monoisotopic (exact) mass is 283 g/mol. The largest absolute Gasteiger partial charge is 0.367 e. The first-order valence-corrected chi connectivity index (χ1v) is 6.27. The van der Waals surface area contributed by atoms with Crippen LogP contribution < -0.4 is 11.1 Å². The Morgan fingerprint density at radius 3 is 3.00 bits per heavy atom. The number of amides is 1. The van der Waals surface area contributed by atoms with Crippen LogP contribution in [0.2, 0.25) is 0 Å². The maximum Gasteiger partial charge on any atom is 0.251 e. The maximum absolute atomic E-state index is 12.1. The number of anilines is 1. The third-order valence-corrected chi connectivity index (χ3v) is 2.84. The molecule has 0 atom stereocenters. The predicted molar refractivity (Wildman–Crippen MR) is 75.5 cm³/mol. The van der Waals surface area contributed by atoms with E-state index < -0.39 is 0 Å². The SMILES string of the molecule is Nc1n[nH]c(CNC(=O)c2cccc(-n3cccn3)c2)n1. The molecule has 0 radical (unpaired) electrons. The van der Waals surface area contributed by atoms with E-state index in [0.717, 1.165) is 5.69 Å². The number of rotatable bonds is 4. The Bertz CT molecular complexity index is 747. The summed E-state index contributed by atoms with van der Waals surface area (Å²) in [6.07, 6.45) is 3.50. The van der Waals surface area contributed by atoms with Gasteiger partial charge in [-0.3, -0.25) is 9.89 Å². The van der Waals surface area contributed by atoms with Crippen molar-refractivity contribution in [2.75, 3.05) is 5.73 Å². The average molecular weight is 283 g/mol. The third-order valence-electron chi connectivity index (χ3n) is 2.84. The molecule has 2 aromatic heterocycles. The molecule has 4 N–H and O–H groups in total. The summed E-state index contributed by atoms with van der Waals surface area (Å²) < 4.78 is 1.69. The molecule has 0 aliphatic heterocycles. The molecule has 1 aromatic carbocycles. The number of hydrogen-bond acceptors (Lipinski definition) is 5. The van der Waals surface area contributed by atoms with Crippen molar-refractivity contribution < 1.29 is 4.79 Å². The van der Waals surface area contributed by atoms with E-state index in [0.29, 0.717) is 11.4 Å². The summed E-state index contributed by atoms with van der Waals surface area (Å²) in [7, 11) is 0. The summed E-state index contributed by atoms with van der Waals surface area (Å²) in [5, 5.41) is 13.2. The zero-order chi connectivity index (χ0) is 14.7. The molecule has 106 valence electrons. The molecule has 8 heteroatoms. The number of nitrogens with two attached hydrogens (primary N) is 1. The van der Waals surface area contributed by atoms with Crippen LogP contribution in [0, 0.1) is 0 Å². The minimum atomic E-state index is -0.209. The maximum atomic E-state index is 12.1. The average Bonchev–Trinajstić information content (AvgIpc) is 3.16. The van der Waals surface area contributed by atoms with Crippen molar-refractivity contribution in [2.24, 2.45) is 0 Å². The van der Waals surface area contributed by atoms with Crippen LogP contribution in [0.1, 0.15) is 16.2 Å². The number of H-pyrrole nitrogens is 1. The molecule has 0 saturated heterocycles. The Labute approximate surface area is 120 Å². The predicted octanol–water partition coefficient (Wildman–Crippen LogP) is 0.503.